The van der Waals surface area contributed by atoms with E-state index in [9.17, 15) is 22.4 Å². The van der Waals surface area contributed by atoms with Gasteiger partial charge in [0.1, 0.15) is 11.6 Å². The molecule has 8 nitrogen and oxygen atoms in total. The molecule has 0 spiro atoms. The summed E-state index contributed by atoms with van der Waals surface area (Å²) >= 11 is 5.75. The van der Waals surface area contributed by atoms with Crippen LogP contribution in [0, 0.1) is 11.7 Å². The van der Waals surface area contributed by atoms with E-state index < -0.39 is 27.9 Å². The number of hydrogen-bond donors (Lipinski definition) is 2. The normalized spacial score (nSPS) is 21.3. The lowest BCUT2D eigenvalue weighted by molar-refractivity contribution is -0.123. The quantitative estimate of drug-likeness (QED) is 0.697. The Morgan fingerprint density at radius 2 is 2.06 bits per heavy atom. The van der Waals surface area contributed by atoms with E-state index in [0.717, 1.165) is 6.07 Å². The molecule has 2 atom stereocenters. The van der Waals surface area contributed by atoms with Crippen molar-refractivity contribution in [3.63, 3.8) is 0 Å². The average Bonchev–Trinajstić information content (AvgIpc) is 2.77. The van der Waals surface area contributed by atoms with Crippen molar-refractivity contribution in [1.82, 2.24) is 4.31 Å². The number of piperidine rings is 1. The molecule has 2 aromatic carbocycles. The zero-order valence-electron chi connectivity index (χ0n) is 17.1. The molecule has 1 fully saturated rings. The van der Waals surface area contributed by atoms with Crippen molar-refractivity contribution in [2.75, 3.05) is 23.7 Å². The summed E-state index contributed by atoms with van der Waals surface area (Å²) < 4.78 is 46.5. The summed E-state index contributed by atoms with van der Waals surface area (Å²) in [6.45, 7) is 1.87. The second-order valence-electron chi connectivity index (χ2n) is 7.73. The molecule has 2 amide bonds. The highest BCUT2D eigenvalue weighted by molar-refractivity contribution is 7.89. The lowest BCUT2D eigenvalue weighted by Gasteiger charge is -2.31. The highest BCUT2D eigenvalue weighted by Gasteiger charge is 2.34. The fourth-order valence-electron chi connectivity index (χ4n) is 3.69. The molecule has 2 aliphatic heterocycles. The molecule has 0 aliphatic carbocycles. The monoisotopic (exact) mass is 481 g/mol. The molecular weight excluding hydrogens is 461 g/mol. The highest BCUT2D eigenvalue weighted by atomic mass is 35.5. The Kier molecular flexibility index (Phi) is 6.11. The standard InChI is InChI=1S/C21H21ClFN3O5S/c1-12-20(27)25-18-10-15(5-7-19(18)31-12)32(29,30)26-8-2-3-13(11-26)21(28)24-14-4-6-17(23)16(22)9-14/h4-7,9-10,12-13H,2-3,8,11H2,1H3,(H,24,28)(H,25,27)/t12-,13+/m0/s1. The maximum absolute atomic E-state index is 13.3. The van der Waals surface area contributed by atoms with E-state index >= 15 is 0 Å². The molecule has 0 saturated carbocycles. The van der Waals surface area contributed by atoms with Gasteiger partial charge < -0.3 is 15.4 Å². The number of benzene rings is 2. The van der Waals surface area contributed by atoms with Gasteiger partial charge in [-0.05, 0) is 56.2 Å². The lowest BCUT2D eigenvalue weighted by Crippen LogP contribution is -2.43. The van der Waals surface area contributed by atoms with Crippen LogP contribution in [0.1, 0.15) is 19.8 Å². The van der Waals surface area contributed by atoms with E-state index in [0.29, 0.717) is 24.3 Å². The fraction of sp³-hybridized carbons (Fsp3) is 0.333. The van der Waals surface area contributed by atoms with Gasteiger partial charge in [-0.2, -0.15) is 4.31 Å². The van der Waals surface area contributed by atoms with E-state index in [1.54, 1.807) is 6.92 Å². The van der Waals surface area contributed by atoms with E-state index in [1.165, 1.54) is 34.6 Å². The molecule has 2 N–H and O–H groups in total. The Balaban J connectivity index is 1.50. The fourth-order valence-corrected chi connectivity index (χ4v) is 5.42. The van der Waals surface area contributed by atoms with Crippen molar-refractivity contribution < 1.29 is 27.1 Å². The third-order valence-corrected chi connectivity index (χ3v) is 7.61. The number of nitrogens with zero attached hydrogens (tertiary/aromatic N) is 1. The minimum atomic E-state index is -3.90. The highest BCUT2D eigenvalue weighted by Crippen LogP contribution is 2.34. The van der Waals surface area contributed by atoms with Gasteiger partial charge >= 0.3 is 0 Å². The number of rotatable bonds is 4. The van der Waals surface area contributed by atoms with Gasteiger partial charge in [-0.1, -0.05) is 11.6 Å². The van der Waals surface area contributed by atoms with Gasteiger partial charge in [0.2, 0.25) is 15.9 Å². The van der Waals surface area contributed by atoms with Gasteiger partial charge in [0.25, 0.3) is 5.91 Å². The summed E-state index contributed by atoms with van der Waals surface area (Å²) in [6, 6.07) is 8.12. The molecule has 0 unspecified atom stereocenters. The van der Waals surface area contributed by atoms with Crippen molar-refractivity contribution in [3.8, 4) is 5.75 Å². The molecule has 2 heterocycles. The summed E-state index contributed by atoms with van der Waals surface area (Å²) in [7, 11) is -3.90. The first kappa shape index (κ1) is 22.5. The number of ether oxygens (including phenoxy) is 1. The summed E-state index contributed by atoms with van der Waals surface area (Å²) in [5.41, 5.74) is 0.620. The smallest absolute Gasteiger partial charge is 0.265 e. The molecule has 170 valence electrons. The largest absolute Gasteiger partial charge is 0.479 e. The Hall–Kier alpha value is -2.69. The number of anilines is 2. The summed E-state index contributed by atoms with van der Waals surface area (Å²) in [6.07, 6.45) is 0.352. The van der Waals surface area contributed by atoms with Gasteiger partial charge in [-0.25, -0.2) is 12.8 Å². The van der Waals surface area contributed by atoms with Crippen LogP contribution in [0.2, 0.25) is 5.02 Å². The van der Waals surface area contributed by atoms with Crippen LogP contribution in [-0.2, 0) is 19.6 Å². The van der Waals surface area contributed by atoms with E-state index in [4.69, 9.17) is 16.3 Å². The minimum absolute atomic E-state index is 0.0000709. The number of sulfonamides is 1. The third kappa shape index (κ3) is 4.43. The zero-order chi connectivity index (χ0) is 23.0. The molecule has 1 saturated heterocycles. The Morgan fingerprint density at radius 3 is 2.81 bits per heavy atom. The van der Waals surface area contributed by atoms with Crippen LogP contribution in [0.4, 0.5) is 15.8 Å². The third-order valence-electron chi connectivity index (χ3n) is 5.46. The molecular formula is C21H21ClFN3O5S. The van der Waals surface area contributed by atoms with Crippen LogP contribution in [0.5, 0.6) is 5.75 Å². The maximum atomic E-state index is 13.3. The van der Waals surface area contributed by atoms with Crippen LogP contribution in [-0.4, -0.2) is 43.7 Å². The summed E-state index contributed by atoms with van der Waals surface area (Å²) in [4.78, 5) is 24.6. The predicted octanol–water partition coefficient (Wildman–Crippen LogP) is 3.24. The van der Waals surface area contributed by atoms with Crippen LogP contribution in [0.3, 0.4) is 0 Å². The number of halogens is 2. The Bertz CT molecular complexity index is 1190. The molecule has 32 heavy (non-hydrogen) atoms. The summed E-state index contributed by atoms with van der Waals surface area (Å²) in [5.74, 6) is -1.51. The number of hydrogen-bond acceptors (Lipinski definition) is 5. The molecule has 0 aromatic heterocycles. The summed E-state index contributed by atoms with van der Waals surface area (Å²) in [5, 5.41) is 5.19. The Morgan fingerprint density at radius 1 is 1.28 bits per heavy atom. The first-order chi connectivity index (χ1) is 15.1. The second-order valence-corrected chi connectivity index (χ2v) is 10.1. The van der Waals surface area contributed by atoms with E-state index in [-0.39, 0.29) is 40.5 Å². The van der Waals surface area contributed by atoms with E-state index in [2.05, 4.69) is 10.6 Å². The van der Waals surface area contributed by atoms with Crippen molar-refractivity contribution in [3.05, 3.63) is 47.2 Å². The van der Waals surface area contributed by atoms with Crippen molar-refractivity contribution in [2.45, 2.75) is 30.8 Å². The SMILES string of the molecule is C[C@@H]1Oc2ccc(S(=O)(=O)N3CCC[C@@H](C(=O)Nc4ccc(F)c(Cl)c4)C3)cc2NC1=O. The van der Waals surface area contributed by atoms with Crippen molar-refractivity contribution in [2.24, 2.45) is 5.92 Å². The Labute approximate surface area is 189 Å². The zero-order valence-corrected chi connectivity index (χ0v) is 18.7. The van der Waals surface area contributed by atoms with Gasteiger partial charge in [-0.15, -0.1) is 0 Å². The number of nitrogens with one attached hydrogen (secondary N) is 2. The first-order valence-electron chi connectivity index (χ1n) is 10.0. The molecule has 2 aromatic rings. The average molecular weight is 482 g/mol. The van der Waals surface area contributed by atoms with E-state index in [1.807, 2.05) is 0 Å². The number of carbonyl (C=O) groups is 2. The molecule has 0 bridgehead atoms. The molecule has 11 heteroatoms. The van der Waals surface area contributed by atoms with Gasteiger partial charge in [0.15, 0.2) is 6.10 Å². The van der Waals surface area contributed by atoms with Crippen LogP contribution in [0.25, 0.3) is 0 Å². The number of carbonyl (C=O) groups excluding carboxylic acids is 2. The molecule has 4 rings (SSSR count). The number of amides is 2. The van der Waals surface area contributed by atoms with Crippen molar-refractivity contribution in [1.29, 1.82) is 0 Å². The van der Waals surface area contributed by atoms with Crippen LogP contribution < -0.4 is 15.4 Å². The topological polar surface area (TPSA) is 105 Å². The maximum Gasteiger partial charge on any atom is 0.265 e. The molecule has 2 aliphatic rings. The second kappa shape index (κ2) is 8.68. The predicted molar refractivity (Wildman–Crippen MR) is 117 cm³/mol. The van der Waals surface area contributed by atoms with Crippen LogP contribution in [0.15, 0.2) is 41.3 Å². The number of fused-ring (bicyclic) bond motifs is 1. The molecule has 0 radical (unpaired) electrons. The van der Waals surface area contributed by atoms with Gasteiger partial charge in [-0.3, -0.25) is 9.59 Å². The van der Waals surface area contributed by atoms with Gasteiger partial charge in [0.05, 0.1) is 21.5 Å². The first-order valence-corrected chi connectivity index (χ1v) is 11.8. The van der Waals surface area contributed by atoms with Gasteiger partial charge in [0, 0.05) is 18.8 Å². The van der Waals surface area contributed by atoms with Crippen molar-refractivity contribution >= 4 is 44.8 Å². The van der Waals surface area contributed by atoms with Crippen LogP contribution >= 0.6 is 11.6 Å². The minimum Gasteiger partial charge on any atom is -0.479 e. The lowest BCUT2D eigenvalue weighted by atomic mass is 9.99.